The molecule has 0 aliphatic carbocycles. The maximum atomic E-state index is 13.5. The molecule has 1 aromatic carbocycles. The molecule has 0 saturated heterocycles. The van der Waals surface area contributed by atoms with E-state index in [1.807, 2.05) is 38.1 Å². The number of nitrogens with zero attached hydrogens (tertiary/aromatic N) is 4. The van der Waals surface area contributed by atoms with E-state index in [2.05, 4.69) is 44.4 Å². The third kappa shape index (κ3) is 6.72. The van der Waals surface area contributed by atoms with Gasteiger partial charge in [0.2, 0.25) is 0 Å². The number of rotatable bonds is 8. The Balaban J connectivity index is 1.57. The monoisotopic (exact) mass is 583 g/mol. The molecule has 10 heteroatoms. The third-order valence-corrected chi connectivity index (χ3v) is 8.03. The van der Waals surface area contributed by atoms with Crippen molar-refractivity contribution >= 4 is 41.2 Å². The summed E-state index contributed by atoms with van der Waals surface area (Å²) in [5.41, 5.74) is 2.65. The molecule has 1 unspecified atom stereocenters. The molecule has 9 nitrogen and oxygen atoms in total. The zero-order valence-electron chi connectivity index (χ0n) is 24.0. The van der Waals surface area contributed by atoms with Crippen LogP contribution in [0.2, 0.25) is 0 Å². The summed E-state index contributed by atoms with van der Waals surface area (Å²) in [7, 11) is 1.33. The molecule has 0 spiro atoms. The molecule has 0 radical (unpaired) electrons. The number of pyridine rings is 2. The molecule has 0 bridgehead atoms. The van der Waals surface area contributed by atoms with Crippen LogP contribution in [0.3, 0.4) is 0 Å². The van der Waals surface area contributed by atoms with Gasteiger partial charge < -0.3 is 20.1 Å². The van der Waals surface area contributed by atoms with Crippen LogP contribution in [-0.4, -0.2) is 62.1 Å². The van der Waals surface area contributed by atoms with Crippen molar-refractivity contribution in [3.8, 4) is 21.7 Å². The van der Waals surface area contributed by atoms with E-state index in [0.717, 1.165) is 27.4 Å². The van der Waals surface area contributed by atoms with Crippen LogP contribution >= 0.6 is 11.3 Å². The predicted molar refractivity (Wildman–Crippen MR) is 164 cm³/mol. The zero-order valence-corrected chi connectivity index (χ0v) is 24.8. The summed E-state index contributed by atoms with van der Waals surface area (Å²) in [6.07, 6.45) is 12.2. The van der Waals surface area contributed by atoms with Crippen molar-refractivity contribution in [2.75, 3.05) is 19.0 Å². The van der Waals surface area contributed by atoms with Crippen LogP contribution in [0.1, 0.15) is 54.5 Å². The van der Waals surface area contributed by atoms with Crippen LogP contribution in [0.4, 0.5) is 5.69 Å². The van der Waals surface area contributed by atoms with E-state index in [1.54, 1.807) is 30.0 Å². The number of hydrogen-bond donors (Lipinski definition) is 2. The molecule has 4 heterocycles. The van der Waals surface area contributed by atoms with Crippen molar-refractivity contribution in [1.29, 1.82) is 0 Å². The number of methoxy groups -OCH3 is 1. The average Bonchev–Trinajstić information content (AvgIpc) is 3.43. The fourth-order valence-electron chi connectivity index (χ4n) is 4.70. The summed E-state index contributed by atoms with van der Waals surface area (Å²) in [6, 6.07) is 9.57. The van der Waals surface area contributed by atoms with Gasteiger partial charge in [-0.15, -0.1) is 11.3 Å². The Morgan fingerprint density at radius 2 is 1.90 bits per heavy atom. The lowest BCUT2D eigenvalue weighted by Gasteiger charge is -2.29. The van der Waals surface area contributed by atoms with Crippen molar-refractivity contribution in [3.63, 3.8) is 0 Å². The van der Waals surface area contributed by atoms with Crippen molar-refractivity contribution in [1.82, 2.24) is 19.9 Å². The highest BCUT2D eigenvalue weighted by Crippen LogP contribution is 2.28. The van der Waals surface area contributed by atoms with Crippen molar-refractivity contribution in [3.05, 3.63) is 82.2 Å². The SMILES string of the molecule is COC(=O)c1cncc(-c2cc3c(cc2NC(=O)c2csc(-c4ccncc4)n2)=CN(CCC(C)(C)O)C(C)CC=3)c1. The standard InChI is InChI=1S/C32H33N5O4S/c1-20-5-6-22-14-26(23-13-24(17-34-16-23)31(39)41-4)27(15-25(22)18-37(20)12-9-32(2,3)40)35-29(38)28-19-42-30(36-28)21-7-10-33-11-8-21/h6-8,10-11,13-20,40H,5,9,12H2,1-4H3,(H,35,38). The number of carbonyl (C=O) groups is 2. The minimum atomic E-state index is -0.782. The van der Waals surface area contributed by atoms with Crippen LogP contribution in [0.25, 0.3) is 34.0 Å². The minimum Gasteiger partial charge on any atom is -0.465 e. The van der Waals surface area contributed by atoms with Crippen molar-refractivity contribution in [2.45, 2.75) is 45.3 Å². The van der Waals surface area contributed by atoms with E-state index in [1.165, 1.54) is 24.6 Å². The Kier molecular flexibility index (Phi) is 8.46. The molecule has 2 N–H and O–H groups in total. The lowest BCUT2D eigenvalue weighted by atomic mass is 10.0. The van der Waals surface area contributed by atoms with Crippen LogP contribution in [-0.2, 0) is 4.74 Å². The summed E-state index contributed by atoms with van der Waals surface area (Å²) in [5, 5.41) is 17.8. The Morgan fingerprint density at radius 1 is 1.12 bits per heavy atom. The molecule has 0 saturated carbocycles. The number of benzene rings is 1. The molecule has 4 aromatic rings. The van der Waals surface area contributed by atoms with Crippen LogP contribution in [0.5, 0.6) is 0 Å². The number of fused-ring (bicyclic) bond motifs is 1. The predicted octanol–water partition coefficient (Wildman–Crippen LogP) is 4.08. The first-order valence-corrected chi connectivity index (χ1v) is 14.5. The summed E-state index contributed by atoms with van der Waals surface area (Å²) >= 11 is 1.38. The van der Waals surface area contributed by atoms with Gasteiger partial charge >= 0.3 is 5.97 Å². The second-order valence-corrected chi connectivity index (χ2v) is 11.8. The third-order valence-electron chi connectivity index (χ3n) is 7.14. The largest absolute Gasteiger partial charge is 0.465 e. The Bertz CT molecular complexity index is 1730. The normalized spacial score (nSPS) is 14.7. The van der Waals surface area contributed by atoms with Gasteiger partial charge in [0.15, 0.2) is 0 Å². The fourth-order valence-corrected chi connectivity index (χ4v) is 5.50. The number of aliphatic hydroxyl groups is 1. The number of anilines is 1. The highest BCUT2D eigenvalue weighted by atomic mass is 32.1. The number of esters is 1. The number of ether oxygens (including phenoxy) is 1. The van der Waals surface area contributed by atoms with Gasteiger partial charge in [0.1, 0.15) is 10.7 Å². The average molecular weight is 584 g/mol. The smallest absolute Gasteiger partial charge is 0.339 e. The number of amides is 1. The molecule has 3 aromatic heterocycles. The second kappa shape index (κ2) is 12.2. The summed E-state index contributed by atoms with van der Waals surface area (Å²) < 4.78 is 4.90. The van der Waals surface area contributed by atoms with Crippen LogP contribution < -0.4 is 15.8 Å². The van der Waals surface area contributed by atoms with Gasteiger partial charge in [-0.05, 0) is 74.4 Å². The number of hydrogen-bond acceptors (Lipinski definition) is 9. The Hall–Kier alpha value is -4.41. The maximum absolute atomic E-state index is 13.5. The molecule has 0 fully saturated rings. The number of nitrogens with one attached hydrogen (secondary N) is 1. The zero-order chi connectivity index (χ0) is 29.9. The van der Waals surface area contributed by atoms with Gasteiger partial charge in [0, 0.05) is 71.3 Å². The molecule has 1 amide bonds. The van der Waals surface area contributed by atoms with Crippen LogP contribution in [0, 0.1) is 0 Å². The molecular weight excluding hydrogens is 550 g/mol. The summed E-state index contributed by atoms with van der Waals surface area (Å²) in [4.78, 5) is 40.9. The number of thiazole rings is 1. The Labute approximate surface area is 248 Å². The lowest BCUT2D eigenvalue weighted by Crippen LogP contribution is -2.34. The molecular formula is C32H33N5O4S. The van der Waals surface area contributed by atoms with E-state index in [4.69, 9.17) is 4.74 Å². The van der Waals surface area contributed by atoms with Gasteiger partial charge in [0.25, 0.3) is 5.91 Å². The number of carbonyl (C=O) groups excluding carboxylic acids is 2. The molecule has 1 aliphatic heterocycles. The summed E-state index contributed by atoms with van der Waals surface area (Å²) in [5.74, 6) is -0.846. The Morgan fingerprint density at radius 3 is 2.64 bits per heavy atom. The van der Waals surface area contributed by atoms with E-state index in [9.17, 15) is 14.7 Å². The highest BCUT2D eigenvalue weighted by Gasteiger charge is 2.20. The van der Waals surface area contributed by atoms with Gasteiger partial charge in [0.05, 0.1) is 18.3 Å². The molecule has 1 atom stereocenters. The van der Waals surface area contributed by atoms with Gasteiger partial charge in [-0.25, -0.2) is 9.78 Å². The summed E-state index contributed by atoms with van der Waals surface area (Å²) in [6.45, 7) is 6.46. The van der Waals surface area contributed by atoms with Gasteiger partial charge in [-0.3, -0.25) is 14.8 Å². The first-order chi connectivity index (χ1) is 20.1. The first-order valence-electron chi connectivity index (χ1n) is 13.7. The van der Waals surface area contributed by atoms with E-state index in [0.29, 0.717) is 41.0 Å². The molecule has 216 valence electrons. The van der Waals surface area contributed by atoms with Gasteiger partial charge in [-0.2, -0.15) is 0 Å². The molecule has 42 heavy (non-hydrogen) atoms. The maximum Gasteiger partial charge on any atom is 0.339 e. The molecule has 5 rings (SSSR count). The molecule has 1 aliphatic rings. The fraction of sp³-hybridized carbons (Fsp3) is 0.281. The van der Waals surface area contributed by atoms with E-state index < -0.39 is 11.6 Å². The lowest BCUT2D eigenvalue weighted by molar-refractivity contribution is 0.0597. The van der Waals surface area contributed by atoms with Gasteiger partial charge in [-0.1, -0.05) is 6.08 Å². The second-order valence-electron chi connectivity index (χ2n) is 10.9. The topological polar surface area (TPSA) is 118 Å². The van der Waals surface area contributed by atoms with E-state index >= 15 is 0 Å². The van der Waals surface area contributed by atoms with E-state index in [-0.39, 0.29) is 11.9 Å². The van der Waals surface area contributed by atoms with Crippen molar-refractivity contribution in [2.24, 2.45) is 0 Å². The highest BCUT2D eigenvalue weighted by molar-refractivity contribution is 7.13. The quantitative estimate of drug-likeness (QED) is 0.298. The van der Waals surface area contributed by atoms with Crippen molar-refractivity contribution < 1.29 is 19.4 Å². The minimum absolute atomic E-state index is 0.215. The van der Waals surface area contributed by atoms with Crippen LogP contribution in [0.15, 0.2) is 60.5 Å². The number of aromatic nitrogens is 3. The first kappa shape index (κ1) is 29.1.